The molecule has 1 N–H and O–H groups in total. The summed E-state index contributed by atoms with van der Waals surface area (Å²) < 4.78 is 8.71. The Morgan fingerprint density at radius 2 is 1.93 bits per heavy atom. The van der Waals surface area contributed by atoms with E-state index >= 15 is 0 Å². The highest BCUT2D eigenvalue weighted by atomic mass is 127. The zero-order valence-corrected chi connectivity index (χ0v) is 17.4. The van der Waals surface area contributed by atoms with Gasteiger partial charge in [0.2, 0.25) is 0 Å². The van der Waals surface area contributed by atoms with E-state index in [2.05, 4.69) is 80.3 Å². The van der Waals surface area contributed by atoms with Crippen LogP contribution in [-0.4, -0.2) is 16.7 Å². The Labute approximate surface area is 176 Å². The lowest BCUT2D eigenvalue weighted by atomic mass is 10.2. The summed E-state index contributed by atoms with van der Waals surface area (Å²) in [6.07, 6.45) is 3.72. The van der Waals surface area contributed by atoms with Gasteiger partial charge in [-0.25, -0.2) is 5.43 Å². The minimum Gasteiger partial charge on any atom is -0.456 e. The molecule has 5 nitrogen and oxygen atoms in total. The summed E-state index contributed by atoms with van der Waals surface area (Å²) in [6.45, 7) is 2.56. The van der Waals surface area contributed by atoms with E-state index in [4.69, 9.17) is 4.42 Å². The van der Waals surface area contributed by atoms with E-state index in [9.17, 15) is 4.79 Å². The number of hydrogen-bond donors (Lipinski definition) is 1. The Morgan fingerprint density at radius 1 is 1.14 bits per heavy atom. The molecular formula is C22H18IN3O2. The molecule has 0 radical (unpaired) electrons. The number of benzene rings is 2. The van der Waals surface area contributed by atoms with E-state index in [-0.39, 0.29) is 11.7 Å². The van der Waals surface area contributed by atoms with E-state index in [0.717, 1.165) is 23.0 Å². The number of para-hydroxylation sites is 1. The van der Waals surface area contributed by atoms with Gasteiger partial charge in [-0.3, -0.25) is 4.79 Å². The Morgan fingerprint density at radius 3 is 2.68 bits per heavy atom. The number of halogens is 1. The molecule has 0 aliphatic rings. The first-order valence-electron chi connectivity index (χ1n) is 8.82. The number of carbonyl (C=O) groups is 1. The first-order chi connectivity index (χ1) is 13.6. The number of rotatable bonds is 5. The smallest absolute Gasteiger partial charge is 0.307 e. The van der Waals surface area contributed by atoms with Gasteiger partial charge in [0.15, 0.2) is 5.76 Å². The molecule has 6 heteroatoms. The monoisotopic (exact) mass is 483 g/mol. The first kappa shape index (κ1) is 18.5. The van der Waals surface area contributed by atoms with Crippen molar-refractivity contribution in [2.75, 3.05) is 0 Å². The van der Waals surface area contributed by atoms with E-state index < -0.39 is 0 Å². The Balaban J connectivity index is 1.57. The van der Waals surface area contributed by atoms with Gasteiger partial charge in [-0.15, -0.1) is 0 Å². The first-order valence-corrected chi connectivity index (χ1v) is 9.90. The zero-order chi connectivity index (χ0) is 19.5. The van der Waals surface area contributed by atoms with Gasteiger partial charge in [0, 0.05) is 32.8 Å². The Kier molecular flexibility index (Phi) is 5.29. The summed E-state index contributed by atoms with van der Waals surface area (Å²) >= 11 is 2.31. The largest absolute Gasteiger partial charge is 0.456 e. The number of furan rings is 1. The van der Waals surface area contributed by atoms with Crippen LogP contribution in [0.25, 0.3) is 10.9 Å². The quantitative estimate of drug-likeness (QED) is 0.248. The van der Waals surface area contributed by atoms with Crippen LogP contribution in [-0.2, 0) is 6.54 Å². The molecule has 140 valence electrons. The van der Waals surface area contributed by atoms with Gasteiger partial charge >= 0.3 is 5.91 Å². The van der Waals surface area contributed by atoms with Crippen LogP contribution in [0.1, 0.15) is 27.4 Å². The third kappa shape index (κ3) is 4.01. The Hall–Kier alpha value is -2.87. The average molecular weight is 483 g/mol. The second-order valence-electron chi connectivity index (χ2n) is 6.47. The summed E-state index contributed by atoms with van der Waals surface area (Å²) in [6, 6.07) is 20.0. The molecule has 0 atom stereocenters. The lowest BCUT2D eigenvalue weighted by Gasteiger charge is -2.05. The van der Waals surface area contributed by atoms with Crippen LogP contribution in [0.4, 0.5) is 0 Å². The van der Waals surface area contributed by atoms with Crippen molar-refractivity contribution >= 4 is 45.6 Å². The topological polar surface area (TPSA) is 59.5 Å². The van der Waals surface area contributed by atoms with Crippen molar-refractivity contribution in [1.29, 1.82) is 0 Å². The van der Waals surface area contributed by atoms with E-state index in [1.165, 1.54) is 9.13 Å². The SMILES string of the molecule is Cc1ccc(C(=O)N/N=C\c2cn(Cc3ccc(I)cc3)c3ccccc23)o1. The van der Waals surface area contributed by atoms with Crippen molar-refractivity contribution in [1.82, 2.24) is 9.99 Å². The Bertz CT molecular complexity index is 1160. The van der Waals surface area contributed by atoms with Gasteiger partial charge in [0.1, 0.15) is 5.76 Å². The molecule has 4 rings (SSSR count). The number of aromatic nitrogens is 1. The maximum Gasteiger partial charge on any atom is 0.307 e. The third-order valence-corrected chi connectivity index (χ3v) is 5.14. The average Bonchev–Trinajstić information content (AvgIpc) is 3.28. The van der Waals surface area contributed by atoms with Crippen LogP contribution in [0.15, 0.2) is 76.4 Å². The molecule has 0 unspecified atom stereocenters. The summed E-state index contributed by atoms with van der Waals surface area (Å²) in [4.78, 5) is 12.1. The predicted octanol–water partition coefficient (Wildman–Crippen LogP) is 4.96. The van der Waals surface area contributed by atoms with Gasteiger partial charge in [-0.1, -0.05) is 30.3 Å². The lowest BCUT2D eigenvalue weighted by Crippen LogP contribution is -2.16. The number of hydrogen-bond acceptors (Lipinski definition) is 3. The molecule has 0 aliphatic heterocycles. The van der Waals surface area contributed by atoms with Crippen molar-refractivity contribution in [3.05, 3.63) is 93.1 Å². The van der Waals surface area contributed by atoms with Crippen LogP contribution < -0.4 is 5.43 Å². The fourth-order valence-corrected chi connectivity index (χ4v) is 3.43. The molecule has 28 heavy (non-hydrogen) atoms. The van der Waals surface area contributed by atoms with Crippen LogP contribution >= 0.6 is 22.6 Å². The number of carbonyl (C=O) groups excluding carboxylic acids is 1. The van der Waals surface area contributed by atoms with Gasteiger partial charge in [-0.2, -0.15) is 5.10 Å². The van der Waals surface area contributed by atoms with Crippen molar-refractivity contribution in [2.24, 2.45) is 5.10 Å². The summed E-state index contributed by atoms with van der Waals surface area (Å²) in [5, 5.41) is 5.19. The van der Waals surface area contributed by atoms with E-state index in [1.54, 1.807) is 25.3 Å². The molecule has 0 spiro atoms. The van der Waals surface area contributed by atoms with Crippen molar-refractivity contribution in [3.63, 3.8) is 0 Å². The highest BCUT2D eigenvalue weighted by Gasteiger charge is 2.10. The van der Waals surface area contributed by atoms with Gasteiger partial charge in [-0.05, 0) is 65.4 Å². The molecule has 0 saturated heterocycles. The molecule has 0 saturated carbocycles. The van der Waals surface area contributed by atoms with Gasteiger partial charge < -0.3 is 8.98 Å². The molecule has 2 heterocycles. The van der Waals surface area contributed by atoms with Crippen LogP contribution in [0.2, 0.25) is 0 Å². The number of hydrazone groups is 1. The summed E-state index contributed by atoms with van der Waals surface area (Å²) in [7, 11) is 0. The second-order valence-corrected chi connectivity index (χ2v) is 7.71. The normalized spacial score (nSPS) is 11.4. The third-order valence-electron chi connectivity index (χ3n) is 4.42. The minimum atomic E-state index is -0.369. The number of nitrogens with one attached hydrogen (secondary N) is 1. The van der Waals surface area contributed by atoms with Crippen LogP contribution in [0.5, 0.6) is 0 Å². The molecule has 0 aliphatic carbocycles. The maximum absolute atomic E-state index is 12.1. The molecule has 0 fully saturated rings. The molecule has 4 aromatic rings. The summed E-state index contributed by atoms with van der Waals surface area (Å²) in [5.41, 5.74) is 5.81. The van der Waals surface area contributed by atoms with Crippen molar-refractivity contribution in [2.45, 2.75) is 13.5 Å². The van der Waals surface area contributed by atoms with Gasteiger partial charge in [0.05, 0.1) is 6.21 Å². The molecule has 2 aromatic heterocycles. The number of aryl methyl sites for hydroxylation is 1. The summed E-state index contributed by atoms with van der Waals surface area (Å²) in [5.74, 6) is 0.565. The standard InChI is InChI=1S/C22H18IN3O2/c1-15-6-11-21(28-15)22(27)25-24-12-17-14-26(20-5-3-2-4-19(17)20)13-16-7-9-18(23)10-8-16/h2-12,14H,13H2,1H3,(H,25,27)/b24-12-. The highest BCUT2D eigenvalue weighted by molar-refractivity contribution is 14.1. The predicted molar refractivity (Wildman–Crippen MR) is 119 cm³/mol. The molecule has 0 bridgehead atoms. The number of fused-ring (bicyclic) bond motifs is 1. The van der Waals surface area contributed by atoms with Crippen molar-refractivity contribution < 1.29 is 9.21 Å². The van der Waals surface area contributed by atoms with Crippen molar-refractivity contribution in [3.8, 4) is 0 Å². The fourth-order valence-electron chi connectivity index (χ4n) is 3.07. The van der Waals surface area contributed by atoms with Gasteiger partial charge in [0.25, 0.3) is 0 Å². The van der Waals surface area contributed by atoms with E-state index in [0.29, 0.717) is 5.76 Å². The lowest BCUT2D eigenvalue weighted by molar-refractivity contribution is 0.0926. The number of amides is 1. The molecular weight excluding hydrogens is 465 g/mol. The fraction of sp³-hybridized carbons (Fsp3) is 0.0909. The van der Waals surface area contributed by atoms with Crippen LogP contribution in [0, 0.1) is 10.5 Å². The zero-order valence-electron chi connectivity index (χ0n) is 15.2. The van der Waals surface area contributed by atoms with Crippen LogP contribution in [0.3, 0.4) is 0 Å². The molecule has 2 aromatic carbocycles. The minimum absolute atomic E-state index is 0.246. The van der Waals surface area contributed by atoms with E-state index in [1.807, 2.05) is 12.1 Å². The molecule has 1 amide bonds. The highest BCUT2D eigenvalue weighted by Crippen LogP contribution is 2.21. The maximum atomic E-state index is 12.1. The second kappa shape index (κ2) is 8.02. The number of nitrogens with zero attached hydrogens (tertiary/aromatic N) is 2.